The number of piperazine rings is 1. The second-order valence-electron chi connectivity index (χ2n) is 5.97. The lowest BCUT2D eigenvalue weighted by atomic mass is 9.89. The number of hydrogen-bond donors (Lipinski definition) is 1. The van der Waals surface area contributed by atoms with Crippen molar-refractivity contribution in [2.24, 2.45) is 11.1 Å². The van der Waals surface area contributed by atoms with Crippen molar-refractivity contribution in [3.8, 4) is 0 Å². The van der Waals surface area contributed by atoms with Crippen LogP contribution in [0.15, 0.2) is 0 Å². The fraction of sp³-hybridized carbons (Fsp3) is 0.923. The summed E-state index contributed by atoms with van der Waals surface area (Å²) in [7, 11) is 0. The number of nitrogens with two attached hydrogens (primary N) is 1. The van der Waals surface area contributed by atoms with Gasteiger partial charge in [0.15, 0.2) is 0 Å². The van der Waals surface area contributed by atoms with Crippen LogP contribution in [0.2, 0.25) is 0 Å². The summed E-state index contributed by atoms with van der Waals surface area (Å²) in [5.74, 6) is 0. The van der Waals surface area contributed by atoms with Crippen LogP contribution in [0.5, 0.6) is 0 Å². The Bertz CT molecular complexity index is 255. The molecule has 0 spiro atoms. The Balaban J connectivity index is 2.29. The van der Waals surface area contributed by atoms with E-state index < -0.39 is 0 Å². The molecule has 1 rings (SSSR count). The van der Waals surface area contributed by atoms with E-state index in [0.717, 1.165) is 13.0 Å². The Labute approximate surface area is 111 Å². The molecule has 2 N–H and O–H groups in total. The molecule has 1 heterocycles. The SMILES string of the molecule is CC(C)N1CCN(CCC(C)(C)C(N)=S)CC1. The first-order valence-electron chi connectivity index (χ1n) is 6.59. The summed E-state index contributed by atoms with van der Waals surface area (Å²) < 4.78 is 0. The van der Waals surface area contributed by atoms with Crippen LogP contribution in [0.4, 0.5) is 0 Å². The van der Waals surface area contributed by atoms with Crippen LogP contribution in [0.25, 0.3) is 0 Å². The highest BCUT2D eigenvalue weighted by Gasteiger charge is 2.24. The molecule has 0 amide bonds. The van der Waals surface area contributed by atoms with E-state index in [2.05, 4.69) is 37.5 Å². The van der Waals surface area contributed by atoms with Gasteiger partial charge in [0.1, 0.15) is 0 Å². The molecule has 17 heavy (non-hydrogen) atoms. The number of nitrogens with zero attached hydrogens (tertiary/aromatic N) is 2. The average molecular weight is 257 g/mol. The van der Waals surface area contributed by atoms with Crippen molar-refractivity contribution in [3.05, 3.63) is 0 Å². The summed E-state index contributed by atoms with van der Waals surface area (Å²) in [6, 6.07) is 0.671. The molecule has 0 saturated carbocycles. The van der Waals surface area contributed by atoms with E-state index in [-0.39, 0.29) is 5.41 Å². The van der Waals surface area contributed by atoms with Crippen molar-refractivity contribution in [3.63, 3.8) is 0 Å². The van der Waals surface area contributed by atoms with Gasteiger partial charge in [0.05, 0.1) is 4.99 Å². The molecule has 1 aliphatic heterocycles. The van der Waals surface area contributed by atoms with E-state index in [4.69, 9.17) is 18.0 Å². The fourth-order valence-corrected chi connectivity index (χ4v) is 2.17. The summed E-state index contributed by atoms with van der Waals surface area (Å²) in [5.41, 5.74) is 5.74. The molecule has 100 valence electrons. The molecule has 1 fully saturated rings. The molecule has 0 aromatic rings. The predicted molar refractivity (Wildman–Crippen MR) is 78.3 cm³/mol. The summed E-state index contributed by atoms with van der Waals surface area (Å²) in [6.45, 7) is 14.6. The standard InChI is InChI=1S/C13H27N3S/c1-11(2)16-9-7-15(8-10-16)6-5-13(3,4)12(14)17/h11H,5-10H2,1-4H3,(H2,14,17). The minimum Gasteiger partial charge on any atom is -0.393 e. The quantitative estimate of drug-likeness (QED) is 0.760. The third-order valence-corrected chi connectivity index (χ3v) is 4.41. The summed E-state index contributed by atoms with van der Waals surface area (Å²) >= 11 is 5.10. The van der Waals surface area contributed by atoms with Gasteiger partial charge in [0.25, 0.3) is 0 Å². The average Bonchev–Trinajstić information content (AvgIpc) is 2.27. The van der Waals surface area contributed by atoms with Gasteiger partial charge in [-0.15, -0.1) is 0 Å². The zero-order valence-corrected chi connectivity index (χ0v) is 12.5. The first-order valence-corrected chi connectivity index (χ1v) is 7.00. The predicted octanol–water partition coefficient (Wildman–Crippen LogP) is 1.71. The van der Waals surface area contributed by atoms with E-state index in [1.165, 1.54) is 26.2 Å². The normalized spacial score (nSPS) is 19.8. The maximum absolute atomic E-state index is 5.75. The third kappa shape index (κ3) is 4.53. The first-order chi connectivity index (χ1) is 7.83. The zero-order chi connectivity index (χ0) is 13.1. The summed E-state index contributed by atoms with van der Waals surface area (Å²) in [6.07, 6.45) is 1.06. The molecular weight excluding hydrogens is 230 g/mol. The topological polar surface area (TPSA) is 32.5 Å². The van der Waals surface area contributed by atoms with Gasteiger partial charge in [-0.1, -0.05) is 26.1 Å². The lowest BCUT2D eigenvalue weighted by Gasteiger charge is -2.38. The van der Waals surface area contributed by atoms with Crippen LogP contribution in [-0.2, 0) is 0 Å². The van der Waals surface area contributed by atoms with E-state index in [1.807, 2.05) is 0 Å². The Morgan fingerprint density at radius 3 is 2.18 bits per heavy atom. The van der Waals surface area contributed by atoms with Crippen LogP contribution in [0, 0.1) is 5.41 Å². The van der Waals surface area contributed by atoms with Crippen molar-refractivity contribution in [1.82, 2.24) is 9.80 Å². The van der Waals surface area contributed by atoms with Gasteiger partial charge in [0.2, 0.25) is 0 Å². The van der Waals surface area contributed by atoms with Crippen molar-refractivity contribution in [1.29, 1.82) is 0 Å². The lowest BCUT2D eigenvalue weighted by molar-refractivity contribution is 0.103. The summed E-state index contributed by atoms with van der Waals surface area (Å²) in [5, 5.41) is 0. The van der Waals surface area contributed by atoms with Crippen molar-refractivity contribution in [2.45, 2.75) is 40.2 Å². The fourth-order valence-electron chi connectivity index (χ4n) is 2.06. The first kappa shape index (κ1) is 14.9. The number of thiocarbonyl (C=S) groups is 1. The Morgan fingerprint density at radius 1 is 1.24 bits per heavy atom. The second-order valence-corrected chi connectivity index (χ2v) is 6.41. The zero-order valence-electron chi connectivity index (χ0n) is 11.7. The Hall–Kier alpha value is -0.190. The number of rotatable bonds is 5. The molecule has 1 saturated heterocycles. The molecule has 1 aliphatic rings. The molecule has 0 unspecified atom stereocenters. The van der Waals surface area contributed by atoms with E-state index in [0.29, 0.717) is 11.0 Å². The minimum atomic E-state index is -0.00941. The highest BCUT2D eigenvalue weighted by atomic mass is 32.1. The molecule has 3 nitrogen and oxygen atoms in total. The molecule has 0 radical (unpaired) electrons. The smallest absolute Gasteiger partial charge is 0.0784 e. The molecule has 0 aromatic carbocycles. The number of hydrogen-bond acceptors (Lipinski definition) is 3. The Morgan fingerprint density at radius 2 is 1.76 bits per heavy atom. The monoisotopic (exact) mass is 257 g/mol. The van der Waals surface area contributed by atoms with E-state index >= 15 is 0 Å². The summed E-state index contributed by atoms with van der Waals surface area (Å²) in [4.78, 5) is 5.70. The molecule has 4 heteroatoms. The third-order valence-electron chi connectivity index (χ3n) is 3.86. The van der Waals surface area contributed by atoms with Crippen molar-refractivity contribution >= 4 is 17.2 Å². The van der Waals surface area contributed by atoms with Gasteiger partial charge in [-0.05, 0) is 26.8 Å². The highest BCUT2D eigenvalue weighted by Crippen LogP contribution is 2.21. The van der Waals surface area contributed by atoms with Crippen LogP contribution < -0.4 is 5.73 Å². The maximum Gasteiger partial charge on any atom is 0.0784 e. The van der Waals surface area contributed by atoms with Crippen molar-refractivity contribution < 1.29 is 0 Å². The molecule has 0 aliphatic carbocycles. The second kappa shape index (κ2) is 6.12. The van der Waals surface area contributed by atoms with Crippen molar-refractivity contribution in [2.75, 3.05) is 32.7 Å². The van der Waals surface area contributed by atoms with Gasteiger partial charge in [-0.2, -0.15) is 0 Å². The molecular formula is C13H27N3S. The van der Waals surface area contributed by atoms with Crippen LogP contribution in [0.3, 0.4) is 0 Å². The minimum absolute atomic E-state index is 0.00941. The van der Waals surface area contributed by atoms with Gasteiger partial charge in [-0.25, -0.2) is 0 Å². The lowest BCUT2D eigenvalue weighted by Crippen LogP contribution is -2.49. The molecule has 0 aromatic heterocycles. The van der Waals surface area contributed by atoms with Gasteiger partial charge in [0, 0.05) is 37.6 Å². The Kier molecular flexibility index (Phi) is 5.35. The highest BCUT2D eigenvalue weighted by molar-refractivity contribution is 7.80. The van der Waals surface area contributed by atoms with E-state index in [1.54, 1.807) is 0 Å². The van der Waals surface area contributed by atoms with E-state index in [9.17, 15) is 0 Å². The molecule has 0 bridgehead atoms. The molecule has 0 atom stereocenters. The largest absolute Gasteiger partial charge is 0.393 e. The van der Waals surface area contributed by atoms with Gasteiger partial charge >= 0.3 is 0 Å². The van der Waals surface area contributed by atoms with Gasteiger partial charge < -0.3 is 10.6 Å². The van der Waals surface area contributed by atoms with Crippen LogP contribution in [0.1, 0.15) is 34.1 Å². The van der Waals surface area contributed by atoms with Crippen LogP contribution in [-0.4, -0.2) is 53.6 Å². The van der Waals surface area contributed by atoms with Crippen LogP contribution >= 0.6 is 12.2 Å². The maximum atomic E-state index is 5.75. The van der Waals surface area contributed by atoms with Gasteiger partial charge in [-0.3, -0.25) is 4.90 Å².